The van der Waals surface area contributed by atoms with E-state index in [-0.39, 0.29) is 94.5 Å². The fraction of sp³-hybridized carbons (Fsp3) is 0.111. The van der Waals surface area contributed by atoms with E-state index in [2.05, 4.69) is 10.6 Å². The first-order valence-corrected chi connectivity index (χ1v) is 7.59. The molecule has 2 aromatic rings. The summed E-state index contributed by atoms with van der Waals surface area (Å²) in [6, 6.07) is 11.2. The number of carbonyl (C=O) groups is 4. The molecule has 0 bridgehead atoms. The molecule has 0 fully saturated rings. The summed E-state index contributed by atoms with van der Waals surface area (Å²) < 4.78 is 0. The number of hydrogen-bond donors (Lipinski definition) is 2. The van der Waals surface area contributed by atoms with Gasteiger partial charge in [-0.2, -0.15) is 0 Å². The third-order valence-electron chi connectivity index (χ3n) is 3.48. The van der Waals surface area contributed by atoms with Crippen LogP contribution in [0.5, 0.6) is 0 Å². The van der Waals surface area contributed by atoms with Crippen molar-refractivity contribution in [2.75, 3.05) is 13.1 Å². The number of nitrogens with one attached hydrogen (secondary N) is 2. The van der Waals surface area contributed by atoms with Crippen molar-refractivity contribution in [3.63, 3.8) is 0 Å². The maximum atomic E-state index is 12.0. The summed E-state index contributed by atoms with van der Waals surface area (Å²) in [6.45, 7) is 0.0267. The first-order valence-electron chi connectivity index (χ1n) is 7.59. The first-order chi connectivity index (χ1) is 12.4. The van der Waals surface area contributed by atoms with Crippen LogP contribution in [0.2, 0.25) is 0 Å². The van der Waals surface area contributed by atoms with E-state index in [0.29, 0.717) is 0 Å². The Morgan fingerprint density at radius 3 is 1.18 bits per heavy atom. The minimum atomic E-state index is -1.47. The van der Waals surface area contributed by atoms with Crippen molar-refractivity contribution in [2.45, 2.75) is 0 Å². The van der Waals surface area contributed by atoms with Crippen LogP contribution in [0.25, 0.3) is 0 Å². The summed E-state index contributed by atoms with van der Waals surface area (Å²) in [4.78, 5) is 46.0. The van der Waals surface area contributed by atoms with Crippen molar-refractivity contribution in [3.8, 4) is 0 Å². The van der Waals surface area contributed by atoms with Gasteiger partial charge in [0.15, 0.2) is 0 Å². The third-order valence-corrected chi connectivity index (χ3v) is 3.48. The van der Waals surface area contributed by atoms with Gasteiger partial charge in [-0.05, 0) is 12.1 Å². The van der Waals surface area contributed by atoms with Crippen LogP contribution in [0.15, 0.2) is 48.5 Å². The Morgan fingerprint density at radius 2 is 0.893 bits per heavy atom. The van der Waals surface area contributed by atoms with Crippen LogP contribution in [0, 0.1) is 0 Å². The van der Waals surface area contributed by atoms with E-state index >= 15 is 0 Å². The van der Waals surface area contributed by atoms with Crippen LogP contribution in [0.3, 0.4) is 0 Å². The molecule has 0 unspecified atom stereocenters. The third kappa shape index (κ3) is 7.05. The van der Waals surface area contributed by atoms with Gasteiger partial charge in [0.05, 0.1) is 11.9 Å². The van der Waals surface area contributed by atoms with E-state index in [0.717, 1.165) is 0 Å². The van der Waals surface area contributed by atoms with Crippen molar-refractivity contribution >= 4 is 23.8 Å². The summed E-state index contributed by atoms with van der Waals surface area (Å²) in [5, 5.41) is 26.9. The van der Waals surface area contributed by atoms with Crippen LogP contribution in [-0.2, 0) is 0 Å². The van der Waals surface area contributed by atoms with Crippen molar-refractivity contribution < 1.29 is 88.5 Å². The fourth-order valence-electron chi connectivity index (χ4n) is 2.26. The molecule has 0 aliphatic heterocycles. The average molecular weight is 400 g/mol. The van der Waals surface area contributed by atoms with E-state index in [9.17, 15) is 29.4 Å². The Kier molecular flexibility index (Phi) is 12.0. The molecule has 2 rings (SSSR count). The van der Waals surface area contributed by atoms with E-state index in [1.165, 1.54) is 48.5 Å². The van der Waals surface area contributed by atoms with E-state index in [1.54, 1.807) is 0 Å². The van der Waals surface area contributed by atoms with Gasteiger partial charge in [-0.1, -0.05) is 36.4 Å². The zero-order valence-electron chi connectivity index (χ0n) is 15.5. The van der Waals surface area contributed by atoms with Crippen molar-refractivity contribution in [2.24, 2.45) is 0 Å². The molecule has 0 atom stereocenters. The molecule has 0 aliphatic rings. The van der Waals surface area contributed by atoms with Crippen LogP contribution in [0.4, 0.5) is 0 Å². The number of carboxylic acid groups (broad SMARTS) is 2. The molecule has 0 aliphatic carbocycles. The number of benzene rings is 2. The SMILES string of the molecule is O=C([O-])c1ccccc1C(=O)NCCNC(=O)c1ccccc1C(=O)[O-].[Na+].[Na+]. The second-order valence-electron chi connectivity index (χ2n) is 5.18. The minimum Gasteiger partial charge on any atom is -0.545 e. The topological polar surface area (TPSA) is 138 Å². The van der Waals surface area contributed by atoms with Gasteiger partial charge in [0, 0.05) is 35.3 Å². The fourth-order valence-corrected chi connectivity index (χ4v) is 2.26. The summed E-state index contributed by atoms with van der Waals surface area (Å²) in [7, 11) is 0. The molecule has 0 saturated carbocycles. The van der Waals surface area contributed by atoms with Crippen molar-refractivity contribution in [1.82, 2.24) is 10.6 Å². The number of rotatable bonds is 7. The van der Waals surface area contributed by atoms with Crippen LogP contribution in [0.1, 0.15) is 41.4 Å². The molecule has 0 spiro atoms. The Morgan fingerprint density at radius 1 is 0.607 bits per heavy atom. The number of aromatic carboxylic acids is 2. The second kappa shape index (κ2) is 12.7. The molecule has 28 heavy (non-hydrogen) atoms. The Balaban J connectivity index is 0.00000364. The predicted octanol–water partition coefficient (Wildman–Crippen LogP) is -7.42. The average Bonchev–Trinajstić information content (AvgIpc) is 2.64. The summed E-state index contributed by atoms with van der Waals surface area (Å²) in [5.41, 5.74) is -0.587. The Labute approximate surface area is 205 Å². The number of amides is 2. The normalized spacial score (nSPS) is 9.29. The van der Waals surface area contributed by atoms with Gasteiger partial charge in [0.25, 0.3) is 11.8 Å². The molecule has 2 N–H and O–H groups in total. The smallest absolute Gasteiger partial charge is 0.545 e. The predicted molar refractivity (Wildman–Crippen MR) is 86.2 cm³/mol. The molecule has 0 aromatic heterocycles. The molecule has 0 heterocycles. The molecule has 10 heteroatoms. The largest absolute Gasteiger partial charge is 1.00 e. The van der Waals surface area contributed by atoms with Crippen molar-refractivity contribution in [1.29, 1.82) is 0 Å². The van der Waals surface area contributed by atoms with Gasteiger partial charge in [0.2, 0.25) is 0 Å². The zero-order valence-corrected chi connectivity index (χ0v) is 19.5. The second-order valence-corrected chi connectivity index (χ2v) is 5.18. The maximum absolute atomic E-state index is 12.0. The maximum Gasteiger partial charge on any atom is 1.00 e. The quantitative estimate of drug-likeness (QED) is 0.350. The van der Waals surface area contributed by atoms with Gasteiger partial charge in [-0.3, -0.25) is 9.59 Å². The summed E-state index contributed by atoms with van der Waals surface area (Å²) >= 11 is 0. The Bertz CT molecular complexity index is 801. The van der Waals surface area contributed by atoms with Crippen molar-refractivity contribution in [3.05, 3.63) is 70.8 Å². The van der Waals surface area contributed by atoms with Crippen LogP contribution < -0.4 is 80.0 Å². The standard InChI is InChI=1S/C18H16N2O6.2Na/c21-15(11-5-1-3-7-13(11)17(23)24)19-9-10-20-16(22)12-6-2-4-8-14(12)18(25)26;;/h1-8H,9-10H2,(H,19,21)(H,20,22)(H,23,24)(H,25,26);;/q;2*+1/p-2. The van der Waals surface area contributed by atoms with Crippen LogP contribution in [-0.4, -0.2) is 36.8 Å². The summed E-state index contributed by atoms with van der Waals surface area (Å²) in [6.07, 6.45) is 0. The van der Waals surface area contributed by atoms with Gasteiger partial charge in [0.1, 0.15) is 0 Å². The minimum absolute atomic E-state index is 0. The molecule has 0 radical (unpaired) electrons. The van der Waals surface area contributed by atoms with Crippen LogP contribution >= 0.6 is 0 Å². The molecule has 134 valence electrons. The molecule has 8 nitrogen and oxygen atoms in total. The van der Waals surface area contributed by atoms with E-state index in [1.807, 2.05) is 0 Å². The van der Waals surface area contributed by atoms with E-state index in [4.69, 9.17) is 0 Å². The molecular formula is C18H14N2Na2O6. The number of hydrogen-bond acceptors (Lipinski definition) is 6. The number of carbonyl (C=O) groups excluding carboxylic acids is 4. The Hall–Kier alpha value is -1.68. The molecule has 2 amide bonds. The molecular weight excluding hydrogens is 386 g/mol. The zero-order chi connectivity index (χ0) is 19.1. The summed E-state index contributed by atoms with van der Waals surface area (Å²) in [5.74, 6) is -4.20. The first kappa shape index (κ1) is 26.3. The number of carboxylic acids is 2. The monoisotopic (exact) mass is 400 g/mol. The van der Waals surface area contributed by atoms with Gasteiger partial charge in [-0.25, -0.2) is 0 Å². The van der Waals surface area contributed by atoms with Gasteiger partial charge in [-0.15, -0.1) is 0 Å². The van der Waals surface area contributed by atoms with Gasteiger partial charge >= 0.3 is 59.1 Å². The molecule has 0 saturated heterocycles. The van der Waals surface area contributed by atoms with Gasteiger partial charge < -0.3 is 30.4 Å². The molecule has 2 aromatic carbocycles. The van der Waals surface area contributed by atoms with E-state index < -0.39 is 23.8 Å².